The van der Waals surface area contributed by atoms with E-state index in [0.29, 0.717) is 5.56 Å². The highest BCUT2D eigenvalue weighted by molar-refractivity contribution is 5.36. The van der Waals surface area contributed by atoms with Crippen LogP contribution < -0.4 is 0 Å². The summed E-state index contributed by atoms with van der Waals surface area (Å²) in [5.74, 6) is 0.103. The average molecular weight is 148 g/mol. The molecule has 0 aliphatic carbocycles. The summed E-state index contributed by atoms with van der Waals surface area (Å²) in [4.78, 5) is 3.77. The molecule has 1 aromatic rings. The molecule has 0 saturated carbocycles. The lowest BCUT2D eigenvalue weighted by Crippen LogP contribution is -1.89. The number of aromatic hydroxyl groups is 1. The first kappa shape index (κ1) is 7.55. The Morgan fingerprint density at radius 2 is 2.36 bits per heavy atom. The van der Waals surface area contributed by atoms with Gasteiger partial charge in [0, 0.05) is 11.8 Å². The van der Waals surface area contributed by atoms with Gasteiger partial charge in [0.2, 0.25) is 0 Å². The molecule has 1 heterocycles. The lowest BCUT2D eigenvalue weighted by Gasteiger charge is -2.01. The van der Waals surface area contributed by atoms with Crippen LogP contribution in [0.5, 0.6) is 5.75 Å². The molecule has 0 aromatic carbocycles. The van der Waals surface area contributed by atoms with Crippen molar-refractivity contribution in [3.63, 3.8) is 0 Å². The third-order valence-corrected chi connectivity index (χ3v) is 1.51. The zero-order valence-corrected chi connectivity index (χ0v) is 6.20. The first-order valence-electron chi connectivity index (χ1n) is 3.25. The maximum absolute atomic E-state index is 9.21. The van der Waals surface area contributed by atoms with E-state index in [-0.39, 0.29) is 12.2 Å². The Balaban J connectivity index is 3.12. The van der Waals surface area contributed by atoms with Crippen LogP contribution in [0.4, 0.5) is 0 Å². The number of pyridine rings is 1. The molecule has 0 saturated heterocycles. The van der Waals surface area contributed by atoms with Gasteiger partial charge in [0.05, 0.1) is 18.7 Å². The second-order valence-corrected chi connectivity index (χ2v) is 2.29. The third-order valence-electron chi connectivity index (χ3n) is 1.51. The largest absolute Gasteiger partial charge is 0.506 e. The van der Waals surface area contributed by atoms with Gasteiger partial charge in [0.25, 0.3) is 0 Å². The van der Waals surface area contributed by atoms with E-state index in [4.69, 9.17) is 5.26 Å². The number of aromatic nitrogens is 1. The van der Waals surface area contributed by atoms with E-state index in [0.717, 1.165) is 5.56 Å². The van der Waals surface area contributed by atoms with E-state index in [1.54, 1.807) is 6.20 Å². The highest BCUT2D eigenvalue weighted by Crippen LogP contribution is 2.18. The number of nitriles is 1. The van der Waals surface area contributed by atoms with Gasteiger partial charge in [-0.05, 0) is 12.5 Å². The van der Waals surface area contributed by atoms with Crippen LogP contribution in [0.25, 0.3) is 0 Å². The van der Waals surface area contributed by atoms with Crippen LogP contribution in [0.1, 0.15) is 11.1 Å². The third kappa shape index (κ3) is 1.47. The van der Waals surface area contributed by atoms with Crippen LogP contribution >= 0.6 is 0 Å². The fourth-order valence-electron chi connectivity index (χ4n) is 0.887. The van der Waals surface area contributed by atoms with E-state index >= 15 is 0 Å². The maximum Gasteiger partial charge on any atom is 0.138 e. The second-order valence-electron chi connectivity index (χ2n) is 2.29. The molecule has 0 atom stereocenters. The summed E-state index contributed by atoms with van der Waals surface area (Å²) in [6, 6.07) is 1.98. The lowest BCUT2D eigenvalue weighted by atomic mass is 10.1. The van der Waals surface area contributed by atoms with Crippen molar-refractivity contribution in [3.05, 3.63) is 23.5 Å². The molecule has 56 valence electrons. The van der Waals surface area contributed by atoms with Crippen molar-refractivity contribution in [1.29, 1.82) is 5.26 Å². The van der Waals surface area contributed by atoms with Crippen molar-refractivity contribution in [2.45, 2.75) is 13.3 Å². The number of hydrogen-bond acceptors (Lipinski definition) is 3. The van der Waals surface area contributed by atoms with Crippen LogP contribution in [0.15, 0.2) is 12.4 Å². The van der Waals surface area contributed by atoms with Crippen molar-refractivity contribution in [1.82, 2.24) is 4.98 Å². The van der Waals surface area contributed by atoms with Crippen molar-refractivity contribution in [3.8, 4) is 11.8 Å². The molecule has 0 aliphatic rings. The Morgan fingerprint density at radius 3 is 2.91 bits per heavy atom. The summed E-state index contributed by atoms with van der Waals surface area (Å²) in [6.07, 6.45) is 3.21. The summed E-state index contributed by atoms with van der Waals surface area (Å²) >= 11 is 0. The summed E-state index contributed by atoms with van der Waals surface area (Å²) in [7, 11) is 0. The minimum atomic E-state index is 0.103. The molecule has 11 heavy (non-hydrogen) atoms. The molecule has 0 bridgehead atoms. The monoisotopic (exact) mass is 148 g/mol. The Bertz CT molecular complexity index is 281. The van der Waals surface area contributed by atoms with Crippen LogP contribution in [-0.4, -0.2) is 10.1 Å². The van der Waals surface area contributed by atoms with E-state index in [2.05, 4.69) is 4.98 Å². The second kappa shape index (κ2) is 3.02. The average Bonchev–Trinajstić information content (AvgIpc) is 1.97. The van der Waals surface area contributed by atoms with Gasteiger partial charge < -0.3 is 5.11 Å². The van der Waals surface area contributed by atoms with E-state index in [1.165, 1.54) is 6.20 Å². The number of aryl methyl sites for hydroxylation is 1. The smallest absolute Gasteiger partial charge is 0.138 e. The minimum Gasteiger partial charge on any atom is -0.506 e. The topological polar surface area (TPSA) is 56.9 Å². The van der Waals surface area contributed by atoms with Crippen molar-refractivity contribution >= 4 is 0 Å². The number of rotatable bonds is 1. The highest BCUT2D eigenvalue weighted by Gasteiger charge is 2.02. The van der Waals surface area contributed by atoms with Gasteiger partial charge in [-0.15, -0.1) is 0 Å². The van der Waals surface area contributed by atoms with Crippen molar-refractivity contribution < 1.29 is 5.11 Å². The molecular weight excluding hydrogens is 140 g/mol. The lowest BCUT2D eigenvalue weighted by molar-refractivity contribution is 0.466. The van der Waals surface area contributed by atoms with Gasteiger partial charge in [-0.2, -0.15) is 5.26 Å². The van der Waals surface area contributed by atoms with E-state index in [9.17, 15) is 5.11 Å². The number of hydrogen-bond donors (Lipinski definition) is 1. The summed E-state index contributed by atoms with van der Waals surface area (Å²) in [5, 5.41) is 17.6. The predicted molar refractivity (Wildman–Crippen MR) is 40.0 cm³/mol. The maximum atomic E-state index is 9.21. The van der Waals surface area contributed by atoms with E-state index in [1.807, 2.05) is 13.0 Å². The SMILES string of the molecule is Cc1cncc(O)c1CC#N. The summed E-state index contributed by atoms with van der Waals surface area (Å²) in [5.41, 5.74) is 1.52. The Morgan fingerprint density at radius 1 is 1.64 bits per heavy atom. The first-order chi connectivity index (χ1) is 5.25. The predicted octanol–water partition coefficient (Wildman–Crippen LogP) is 1.16. The van der Waals surface area contributed by atoms with Crippen LogP contribution in [0, 0.1) is 18.3 Å². The zero-order chi connectivity index (χ0) is 8.27. The van der Waals surface area contributed by atoms with Gasteiger partial charge in [0.15, 0.2) is 0 Å². The standard InChI is InChI=1S/C8H8N2O/c1-6-4-10-5-8(11)7(6)2-3-9/h4-5,11H,2H2,1H3. The van der Waals surface area contributed by atoms with Crippen LogP contribution in [0.2, 0.25) is 0 Å². The van der Waals surface area contributed by atoms with Gasteiger partial charge in [-0.1, -0.05) is 0 Å². The molecular formula is C8H8N2O. The van der Waals surface area contributed by atoms with Gasteiger partial charge in [-0.25, -0.2) is 0 Å². The van der Waals surface area contributed by atoms with Gasteiger partial charge in [-0.3, -0.25) is 4.98 Å². The summed E-state index contributed by atoms with van der Waals surface area (Å²) < 4.78 is 0. The van der Waals surface area contributed by atoms with Gasteiger partial charge >= 0.3 is 0 Å². The molecule has 0 unspecified atom stereocenters. The van der Waals surface area contributed by atoms with Gasteiger partial charge in [0.1, 0.15) is 5.75 Å². The fraction of sp³-hybridized carbons (Fsp3) is 0.250. The van der Waals surface area contributed by atoms with Crippen LogP contribution in [0.3, 0.4) is 0 Å². The Kier molecular flexibility index (Phi) is 2.07. The molecule has 0 spiro atoms. The highest BCUT2D eigenvalue weighted by atomic mass is 16.3. The first-order valence-corrected chi connectivity index (χ1v) is 3.25. The molecule has 1 rings (SSSR count). The molecule has 0 fully saturated rings. The molecule has 3 nitrogen and oxygen atoms in total. The van der Waals surface area contributed by atoms with Crippen molar-refractivity contribution in [2.24, 2.45) is 0 Å². The fourth-order valence-corrected chi connectivity index (χ4v) is 0.887. The molecule has 0 radical (unpaired) electrons. The van der Waals surface area contributed by atoms with Crippen LogP contribution in [-0.2, 0) is 6.42 Å². The summed E-state index contributed by atoms with van der Waals surface area (Å²) in [6.45, 7) is 1.82. The molecule has 0 amide bonds. The molecule has 1 aromatic heterocycles. The van der Waals surface area contributed by atoms with E-state index < -0.39 is 0 Å². The molecule has 1 N–H and O–H groups in total. The normalized spacial score (nSPS) is 9.09. The quantitative estimate of drug-likeness (QED) is 0.650. The number of nitrogens with zero attached hydrogens (tertiary/aromatic N) is 2. The molecule has 0 aliphatic heterocycles. The van der Waals surface area contributed by atoms with Crippen molar-refractivity contribution in [2.75, 3.05) is 0 Å². The Labute approximate surface area is 64.9 Å². The Hall–Kier alpha value is -1.56. The molecule has 3 heteroatoms. The zero-order valence-electron chi connectivity index (χ0n) is 6.20. The minimum absolute atomic E-state index is 0.103.